The summed E-state index contributed by atoms with van der Waals surface area (Å²) in [5.41, 5.74) is 0.850. The molecule has 6 nitrogen and oxygen atoms in total. The summed E-state index contributed by atoms with van der Waals surface area (Å²) in [6, 6.07) is 3.13. The topological polar surface area (TPSA) is 88.0 Å². The Kier molecular flexibility index (Phi) is 3.69. The van der Waals surface area contributed by atoms with E-state index < -0.39 is 5.97 Å². The Balaban J connectivity index is 2.00. The third-order valence-corrected chi connectivity index (χ3v) is 2.30. The number of aromatic carboxylic acids is 1. The summed E-state index contributed by atoms with van der Waals surface area (Å²) in [6.07, 6.45) is 4.48. The summed E-state index contributed by atoms with van der Waals surface area (Å²) < 4.78 is 0. The lowest BCUT2D eigenvalue weighted by atomic mass is 10.2. The van der Waals surface area contributed by atoms with Gasteiger partial charge < -0.3 is 10.4 Å². The van der Waals surface area contributed by atoms with Crippen molar-refractivity contribution in [2.45, 2.75) is 6.54 Å². The van der Waals surface area contributed by atoms with Gasteiger partial charge >= 0.3 is 5.97 Å². The van der Waals surface area contributed by atoms with E-state index >= 15 is 0 Å². The van der Waals surface area contributed by atoms with Crippen molar-refractivity contribution in [3.8, 4) is 0 Å². The van der Waals surface area contributed by atoms with Crippen molar-refractivity contribution in [3.05, 3.63) is 47.1 Å². The van der Waals surface area contributed by atoms with Crippen molar-refractivity contribution < 1.29 is 9.90 Å². The van der Waals surface area contributed by atoms with Crippen LogP contribution in [0.5, 0.6) is 0 Å². The Morgan fingerprint density at radius 1 is 1.33 bits per heavy atom. The molecule has 0 aliphatic carbocycles. The molecule has 0 saturated carbocycles. The molecule has 18 heavy (non-hydrogen) atoms. The molecule has 0 fully saturated rings. The fourth-order valence-electron chi connectivity index (χ4n) is 1.28. The van der Waals surface area contributed by atoms with Gasteiger partial charge in [-0.3, -0.25) is 4.98 Å². The lowest BCUT2D eigenvalue weighted by Crippen LogP contribution is -2.04. The fourth-order valence-corrected chi connectivity index (χ4v) is 1.42. The molecule has 0 amide bonds. The van der Waals surface area contributed by atoms with Gasteiger partial charge in [-0.15, -0.1) is 0 Å². The highest BCUT2D eigenvalue weighted by atomic mass is 35.5. The molecule has 92 valence electrons. The van der Waals surface area contributed by atoms with Crippen LogP contribution in [0.3, 0.4) is 0 Å². The molecule has 0 spiro atoms. The first-order valence-electron chi connectivity index (χ1n) is 5.05. The van der Waals surface area contributed by atoms with Crippen LogP contribution in [-0.2, 0) is 6.54 Å². The van der Waals surface area contributed by atoms with Gasteiger partial charge in [-0.25, -0.2) is 14.8 Å². The van der Waals surface area contributed by atoms with Gasteiger partial charge in [0, 0.05) is 12.7 Å². The first-order chi connectivity index (χ1) is 8.65. The van der Waals surface area contributed by atoms with Crippen LogP contribution in [0.25, 0.3) is 0 Å². The van der Waals surface area contributed by atoms with E-state index in [4.69, 9.17) is 16.7 Å². The van der Waals surface area contributed by atoms with Crippen molar-refractivity contribution in [2.24, 2.45) is 0 Å². The smallest absolute Gasteiger partial charge is 0.354 e. The Morgan fingerprint density at radius 2 is 2.17 bits per heavy atom. The maximum atomic E-state index is 10.6. The molecule has 0 aromatic carbocycles. The van der Waals surface area contributed by atoms with E-state index in [1.807, 2.05) is 0 Å². The highest BCUT2D eigenvalue weighted by Crippen LogP contribution is 2.08. The zero-order valence-electron chi connectivity index (χ0n) is 9.17. The normalized spacial score (nSPS) is 10.1. The minimum Gasteiger partial charge on any atom is -0.477 e. The second-order valence-electron chi connectivity index (χ2n) is 3.44. The molecule has 0 aliphatic heterocycles. The minimum absolute atomic E-state index is 0.0151. The third-order valence-electron chi connectivity index (χ3n) is 2.12. The zero-order chi connectivity index (χ0) is 13.0. The number of carboxylic acids is 1. The molecule has 0 aliphatic rings. The summed E-state index contributed by atoms with van der Waals surface area (Å²) >= 11 is 5.69. The molecule has 0 radical (unpaired) electrons. The predicted octanol–water partition coefficient (Wildman–Crippen LogP) is 1.84. The van der Waals surface area contributed by atoms with Crippen molar-refractivity contribution in [1.29, 1.82) is 0 Å². The predicted molar refractivity (Wildman–Crippen MR) is 65.6 cm³/mol. The van der Waals surface area contributed by atoms with Crippen LogP contribution in [-0.4, -0.2) is 26.0 Å². The van der Waals surface area contributed by atoms with Crippen molar-refractivity contribution in [2.75, 3.05) is 5.32 Å². The third kappa shape index (κ3) is 3.14. The van der Waals surface area contributed by atoms with Crippen LogP contribution in [0.15, 0.2) is 30.7 Å². The molecule has 0 bridgehead atoms. The van der Waals surface area contributed by atoms with E-state index in [2.05, 4.69) is 20.3 Å². The van der Waals surface area contributed by atoms with Gasteiger partial charge in [-0.1, -0.05) is 17.7 Å². The van der Waals surface area contributed by atoms with Gasteiger partial charge in [-0.2, -0.15) is 0 Å². The van der Waals surface area contributed by atoms with E-state index in [0.717, 1.165) is 5.56 Å². The van der Waals surface area contributed by atoms with Crippen molar-refractivity contribution in [3.63, 3.8) is 0 Å². The Morgan fingerprint density at radius 3 is 2.78 bits per heavy atom. The van der Waals surface area contributed by atoms with Gasteiger partial charge in [0.25, 0.3) is 0 Å². The van der Waals surface area contributed by atoms with Gasteiger partial charge in [0.1, 0.15) is 16.7 Å². The lowest BCUT2D eigenvalue weighted by molar-refractivity contribution is 0.0690. The Bertz CT molecular complexity index is 559. The van der Waals surface area contributed by atoms with E-state index in [-0.39, 0.29) is 5.69 Å². The number of nitrogens with zero attached hydrogens (tertiary/aromatic N) is 3. The number of hydrogen-bond donors (Lipinski definition) is 2. The van der Waals surface area contributed by atoms with Crippen LogP contribution >= 0.6 is 11.6 Å². The Labute approximate surface area is 108 Å². The first-order valence-corrected chi connectivity index (χ1v) is 5.42. The van der Waals surface area contributed by atoms with Crippen LogP contribution in [0.2, 0.25) is 5.15 Å². The SMILES string of the molecule is O=C(O)c1ccc(CNc2cncc(Cl)n2)cn1. The summed E-state index contributed by atoms with van der Waals surface area (Å²) in [6.45, 7) is 0.460. The maximum absolute atomic E-state index is 10.6. The molecular formula is C11H9ClN4O2. The molecule has 0 atom stereocenters. The average molecular weight is 265 g/mol. The number of rotatable bonds is 4. The molecule has 2 heterocycles. The van der Waals surface area contributed by atoms with Crippen molar-refractivity contribution in [1.82, 2.24) is 15.0 Å². The highest BCUT2D eigenvalue weighted by molar-refractivity contribution is 6.29. The molecule has 2 rings (SSSR count). The molecule has 0 saturated heterocycles. The second-order valence-corrected chi connectivity index (χ2v) is 3.82. The molecule has 2 aromatic rings. The van der Waals surface area contributed by atoms with Crippen LogP contribution < -0.4 is 5.32 Å². The van der Waals surface area contributed by atoms with E-state index in [1.54, 1.807) is 12.3 Å². The number of hydrogen-bond acceptors (Lipinski definition) is 5. The van der Waals surface area contributed by atoms with E-state index in [9.17, 15) is 4.79 Å². The number of halogens is 1. The van der Waals surface area contributed by atoms with Gasteiger partial charge in [0.05, 0.1) is 12.4 Å². The largest absolute Gasteiger partial charge is 0.477 e. The van der Waals surface area contributed by atoms with Crippen LogP contribution in [0.1, 0.15) is 16.1 Å². The molecular weight excluding hydrogens is 256 g/mol. The molecule has 2 N–H and O–H groups in total. The maximum Gasteiger partial charge on any atom is 0.354 e. The van der Waals surface area contributed by atoms with E-state index in [0.29, 0.717) is 17.5 Å². The van der Waals surface area contributed by atoms with Gasteiger partial charge in [-0.05, 0) is 11.6 Å². The monoisotopic (exact) mass is 264 g/mol. The van der Waals surface area contributed by atoms with Crippen LogP contribution in [0, 0.1) is 0 Å². The number of anilines is 1. The summed E-state index contributed by atoms with van der Waals surface area (Å²) in [7, 11) is 0. The Hall–Kier alpha value is -2.21. The minimum atomic E-state index is -1.05. The first kappa shape index (κ1) is 12.3. The number of nitrogens with one attached hydrogen (secondary N) is 1. The number of carboxylic acid groups (broad SMARTS) is 1. The average Bonchev–Trinajstić information content (AvgIpc) is 2.37. The zero-order valence-corrected chi connectivity index (χ0v) is 9.92. The summed E-state index contributed by atoms with van der Waals surface area (Å²) in [5, 5.41) is 12.0. The molecule has 0 unspecified atom stereocenters. The summed E-state index contributed by atoms with van der Waals surface area (Å²) in [4.78, 5) is 22.3. The second kappa shape index (κ2) is 5.42. The van der Waals surface area contributed by atoms with Crippen molar-refractivity contribution >= 4 is 23.4 Å². The number of pyridine rings is 1. The van der Waals surface area contributed by atoms with E-state index in [1.165, 1.54) is 18.5 Å². The number of carbonyl (C=O) groups is 1. The van der Waals surface area contributed by atoms with Crippen LogP contribution in [0.4, 0.5) is 5.82 Å². The van der Waals surface area contributed by atoms with Gasteiger partial charge in [0.2, 0.25) is 0 Å². The lowest BCUT2D eigenvalue weighted by Gasteiger charge is -2.05. The quantitative estimate of drug-likeness (QED) is 0.876. The van der Waals surface area contributed by atoms with Gasteiger partial charge in [0.15, 0.2) is 0 Å². The molecule has 2 aromatic heterocycles. The summed E-state index contributed by atoms with van der Waals surface area (Å²) in [5.74, 6) is -0.500. The number of aromatic nitrogens is 3. The standard InChI is InChI=1S/C11H9ClN4O2/c12-9-5-13-6-10(16-9)15-4-7-1-2-8(11(17)18)14-3-7/h1-3,5-6H,4H2,(H,15,16)(H,17,18). The highest BCUT2D eigenvalue weighted by Gasteiger charge is 2.03. The molecule has 7 heteroatoms. The fraction of sp³-hybridized carbons (Fsp3) is 0.0909.